The molecule has 2 aromatic carbocycles. The molecule has 6 fully saturated rings. The maximum Gasteiger partial charge on any atom is 0.272 e. The van der Waals surface area contributed by atoms with Gasteiger partial charge in [0.25, 0.3) is 11.5 Å². The molecule has 9 rings (SSSR count). The molecular formula is C42H49F3N4O4. The molecule has 1 N–H and O–H groups in total. The average Bonchev–Trinajstić information content (AvgIpc) is 3.66. The number of epoxide rings is 1. The fraction of sp³-hybridized carbons (Fsp3) is 0.619. The zero-order valence-electron chi connectivity index (χ0n) is 30.5. The van der Waals surface area contributed by atoms with Crippen LogP contribution < -0.4 is 5.56 Å². The van der Waals surface area contributed by atoms with Gasteiger partial charge in [-0.25, -0.2) is 18.3 Å². The normalized spacial score (nSPS) is 34.2. The summed E-state index contributed by atoms with van der Waals surface area (Å²) in [7, 11) is 0. The van der Waals surface area contributed by atoms with Gasteiger partial charge in [0.1, 0.15) is 11.4 Å². The van der Waals surface area contributed by atoms with Crippen LogP contribution in [0, 0.1) is 34.9 Å². The lowest BCUT2D eigenvalue weighted by Gasteiger charge is -2.59. The van der Waals surface area contributed by atoms with Gasteiger partial charge in [-0.15, -0.1) is 0 Å². The van der Waals surface area contributed by atoms with Crippen LogP contribution in [0.4, 0.5) is 13.2 Å². The molecule has 2 amide bonds. The van der Waals surface area contributed by atoms with Crippen LogP contribution in [-0.4, -0.2) is 75.1 Å². The zero-order chi connectivity index (χ0) is 36.8. The second kappa shape index (κ2) is 12.7. The van der Waals surface area contributed by atoms with E-state index in [0.717, 1.165) is 51.4 Å². The molecular weight excluding hydrogens is 681 g/mol. The van der Waals surface area contributed by atoms with Crippen LogP contribution in [0.15, 0.2) is 47.3 Å². The van der Waals surface area contributed by atoms with Crippen LogP contribution in [0.3, 0.4) is 0 Å². The number of benzene rings is 2. The Bertz CT molecular complexity index is 2010. The molecule has 1 spiro atoms. The number of aromatic nitrogens is 2. The second-order valence-electron chi connectivity index (χ2n) is 17.3. The van der Waals surface area contributed by atoms with Crippen molar-refractivity contribution >= 4 is 22.6 Å². The van der Waals surface area contributed by atoms with E-state index >= 15 is 4.39 Å². The van der Waals surface area contributed by atoms with Crippen molar-refractivity contribution in [3.8, 4) is 0 Å². The highest BCUT2D eigenvalue weighted by molar-refractivity contribution is 5.95. The number of hydrogen-bond acceptors (Lipinski definition) is 5. The molecule has 3 heterocycles. The summed E-state index contributed by atoms with van der Waals surface area (Å²) in [6.07, 6.45) is 9.34. The number of amides is 2. The van der Waals surface area contributed by atoms with Gasteiger partial charge >= 0.3 is 0 Å². The number of H-pyrrole nitrogens is 1. The summed E-state index contributed by atoms with van der Waals surface area (Å²) >= 11 is 0. The third kappa shape index (κ3) is 5.73. The highest BCUT2D eigenvalue weighted by atomic mass is 19.3. The molecule has 4 aliphatic carbocycles. The van der Waals surface area contributed by atoms with Gasteiger partial charge in [-0.2, -0.15) is 5.10 Å². The summed E-state index contributed by atoms with van der Waals surface area (Å²) in [6, 6.07) is 11.7. The van der Waals surface area contributed by atoms with Crippen molar-refractivity contribution in [2.75, 3.05) is 26.2 Å². The first-order valence-electron chi connectivity index (χ1n) is 19.8. The Hall–Kier alpha value is -3.73. The summed E-state index contributed by atoms with van der Waals surface area (Å²) in [5.74, 6) is -1.71. The van der Waals surface area contributed by atoms with Crippen molar-refractivity contribution < 1.29 is 27.5 Å². The molecule has 0 radical (unpaired) electrons. The third-order valence-electron chi connectivity index (χ3n) is 14.9. The van der Waals surface area contributed by atoms with E-state index in [1.165, 1.54) is 6.07 Å². The summed E-state index contributed by atoms with van der Waals surface area (Å²) in [5, 5.41) is 7.98. The lowest BCUT2D eigenvalue weighted by molar-refractivity contribution is -0.157. The fourth-order valence-corrected chi connectivity index (χ4v) is 12.1. The van der Waals surface area contributed by atoms with E-state index in [0.29, 0.717) is 85.2 Å². The van der Waals surface area contributed by atoms with Gasteiger partial charge in [0.05, 0.1) is 22.2 Å². The predicted molar refractivity (Wildman–Crippen MR) is 193 cm³/mol. The van der Waals surface area contributed by atoms with E-state index in [1.54, 1.807) is 29.2 Å². The number of halogens is 3. The highest BCUT2D eigenvalue weighted by Gasteiger charge is 2.78. The predicted octanol–water partition coefficient (Wildman–Crippen LogP) is 7.29. The Morgan fingerprint density at radius 1 is 0.925 bits per heavy atom. The zero-order valence-corrected chi connectivity index (χ0v) is 30.5. The first-order valence-corrected chi connectivity index (χ1v) is 19.8. The molecule has 11 heteroatoms. The molecule has 2 saturated heterocycles. The van der Waals surface area contributed by atoms with Crippen molar-refractivity contribution in [3.05, 3.63) is 75.5 Å². The molecule has 7 atom stereocenters. The molecule has 4 saturated carbocycles. The third-order valence-corrected chi connectivity index (χ3v) is 14.9. The van der Waals surface area contributed by atoms with Crippen LogP contribution >= 0.6 is 0 Å². The van der Waals surface area contributed by atoms with E-state index in [-0.39, 0.29) is 52.4 Å². The number of fused-ring (bicyclic) bond motifs is 5. The molecule has 2 aliphatic heterocycles. The summed E-state index contributed by atoms with van der Waals surface area (Å²) < 4.78 is 50.4. The number of nitrogens with one attached hydrogen (secondary N) is 1. The van der Waals surface area contributed by atoms with Crippen molar-refractivity contribution in [2.45, 2.75) is 108 Å². The number of hydrogen-bond donors (Lipinski definition) is 1. The molecule has 6 aliphatic rings. The first-order chi connectivity index (χ1) is 25.4. The summed E-state index contributed by atoms with van der Waals surface area (Å²) in [4.78, 5) is 42.5. The number of carbonyl (C=O) groups is 2. The quantitative estimate of drug-likeness (QED) is 0.258. The Morgan fingerprint density at radius 3 is 2.49 bits per heavy atom. The largest absolute Gasteiger partial charge is 0.362 e. The Morgan fingerprint density at radius 2 is 1.68 bits per heavy atom. The SMILES string of the molecule is C[C@]12CCC(F)(F)CC1CC[C@@H]1C2CC[C@]23O[C@@]2(CCCC(=O)N2CCN(C(=O)c4cc(Cc5n[nH]c(=O)c6ccccc56)ccc4F)CC2)CCC13. The molecule has 0 bridgehead atoms. The van der Waals surface area contributed by atoms with Gasteiger partial charge in [-0.1, -0.05) is 31.2 Å². The number of ether oxygens (including phenoxy) is 1. The highest BCUT2D eigenvalue weighted by Crippen LogP contribution is 2.75. The van der Waals surface area contributed by atoms with E-state index in [4.69, 9.17) is 4.74 Å². The minimum atomic E-state index is -2.51. The van der Waals surface area contributed by atoms with Gasteiger partial charge in [0, 0.05) is 57.2 Å². The number of alkyl halides is 2. The van der Waals surface area contributed by atoms with E-state index in [1.807, 2.05) is 17.0 Å². The van der Waals surface area contributed by atoms with Crippen molar-refractivity contribution in [1.29, 1.82) is 0 Å². The maximum absolute atomic E-state index is 15.0. The minimum absolute atomic E-state index is 0.0139. The number of piperazine rings is 1. The van der Waals surface area contributed by atoms with Gasteiger partial charge in [-0.3, -0.25) is 14.4 Å². The van der Waals surface area contributed by atoms with Crippen LogP contribution in [0.1, 0.15) is 106 Å². The lowest BCUT2D eigenvalue weighted by atomic mass is 9.46. The monoisotopic (exact) mass is 730 g/mol. The van der Waals surface area contributed by atoms with Crippen LogP contribution in [-0.2, 0) is 16.0 Å². The molecule has 53 heavy (non-hydrogen) atoms. The second-order valence-corrected chi connectivity index (χ2v) is 17.3. The van der Waals surface area contributed by atoms with Gasteiger partial charge in [0.15, 0.2) is 0 Å². The number of aromatic amines is 1. The topological polar surface area (TPSA) is 98.9 Å². The van der Waals surface area contributed by atoms with E-state index in [9.17, 15) is 23.2 Å². The average molecular weight is 731 g/mol. The maximum atomic E-state index is 15.0. The molecule has 1 aromatic heterocycles. The van der Waals surface area contributed by atoms with Gasteiger partial charge < -0.3 is 14.5 Å². The van der Waals surface area contributed by atoms with Crippen LogP contribution in [0.25, 0.3) is 10.8 Å². The van der Waals surface area contributed by atoms with E-state index < -0.39 is 17.6 Å². The molecule has 8 nitrogen and oxygen atoms in total. The minimum Gasteiger partial charge on any atom is -0.362 e. The van der Waals surface area contributed by atoms with Crippen LogP contribution in [0.5, 0.6) is 0 Å². The summed E-state index contributed by atoms with van der Waals surface area (Å²) in [5.41, 5.74) is 0.846. The molecule has 3 unspecified atom stereocenters. The number of rotatable bonds is 7. The van der Waals surface area contributed by atoms with E-state index in [2.05, 4.69) is 17.1 Å². The van der Waals surface area contributed by atoms with Crippen LogP contribution in [0.2, 0.25) is 0 Å². The van der Waals surface area contributed by atoms with Crippen molar-refractivity contribution in [3.63, 3.8) is 0 Å². The Balaban J connectivity index is 0.773. The molecule has 3 aromatic rings. The summed E-state index contributed by atoms with van der Waals surface area (Å²) in [6.45, 7) is 3.78. The number of nitrogens with zero attached hydrogens (tertiary/aromatic N) is 3. The standard InChI is InChI=1S/C42H49F3N4O4/c1-39-17-18-41(44,45)25-27(39)9-10-30-32(39)13-16-42-33(30)12-15-40(42,53-42)14-4-7-36(50)48-19-21-49(22-20-48)38(52)31-23-26(8-11-34(31)43)24-35-28-5-2-3-6-29(28)37(51)47-46-35/h2-3,5-6,8,11,23,27,30,32-33H,4,7,9-10,12-22,24-25H2,1H3,(H,47,51)/t27?,30-,32?,33?,39+,40+,42-/m1/s1. The first kappa shape index (κ1) is 35.0. The smallest absolute Gasteiger partial charge is 0.272 e. The number of carbonyl (C=O) groups excluding carboxylic acids is 2. The van der Waals surface area contributed by atoms with Crippen molar-refractivity contribution in [1.82, 2.24) is 20.0 Å². The lowest BCUT2D eigenvalue weighted by Crippen LogP contribution is -2.54. The Kier molecular flexibility index (Phi) is 8.37. The van der Waals surface area contributed by atoms with Crippen molar-refractivity contribution in [2.24, 2.45) is 29.1 Å². The Labute approximate surface area is 307 Å². The fourth-order valence-electron chi connectivity index (χ4n) is 12.1. The molecule has 282 valence electrons. The van der Waals surface area contributed by atoms with Gasteiger partial charge in [0.2, 0.25) is 11.8 Å². The van der Waals surface area contributed by atoms with Gasteiger partial charge in [-0.05, 0) is 111 Å².